The minimum Gasteiger partial charge on any atom is -0.340 e. The highest BCUT2D eigenvalue weighted by atomic mass is 32.2. The normalized spacial score (nSPS) is 14.6. The summed E-state index contributed by atoms with van der Waals surface area (Å²) in [5, 5.41) is 2.87. The van der Waals surface area contributed by atoms with Crippen molar-refractivity contribution in [2.24, 2.45) is 0 Å². The van der Waals surface area contributed by atoms with E-state index in [4.69, 9.17) is 0 Å². The summed E-state index contributed by atoms with van der Waals surface area (Å²) >= 11 is 0.982. The van der Waals surface area contributed by atoms with Crippen molar-refractivity contribution in [1.29, 1.82) is 0 Å². The Morgan fingerprint density at radius 1 is 1.29 bits per heavy atom. The van der Waals surface area contributed by atoms with Crippen molar-refractivity contribution < 1.29 is 22.8 Å². The number of rotatable bonds is 5. The van der Waals surface area contributed by atoms with Crippen LogP contribution in [-0.4, -0.2) is 62.8 Å². The molecule has 9 nitrogen and oxygen atoms in total. The number of carbonyl (C=O) groups excluding carboxylic acids is 1. The molecule has 168 valence electrons. The Morgan fingerprint density at radius 3 is 2.55 bits per heavy atom. The molecule has 0 bridgehead atoms. The lowest BCUT2D eigenvalue weighted by Crippen LogP contribution is -2.44. The number of fused-ring (bicyclic) bond motifs is 1. The topological polar surface area (TPSA) is 94.3 Å². The second kappa shape index (κ2) is 9.19. The molecule has 1 aliphatic rings. The van der Waals surface area contributed by atoms with Gasteiger partial charge in [0, 0.05) is 31.4 Å². The molecule has 2 aromatic heterocycles. The molecule has 3 rings (SSSR count). The molecular weight excluding hydrogens is 437 g/mol. The Kier molecular flexibility index (Phi) is 6.80. The first-order chi connectivity index (χ1) is 14.6. The van der Waals surface area contributed by atoms with Gasteiger partial charge in [-0.1, -0.05) is 31.5 Å². The van der Waals surface area contributed by atoms with Crippen LogP contribution in [0.3, 0.4) is 0 Å². The largest absolute Gasteiger partial charge is 0.493 e. The van der Waals surface area contributed by atoms with Gasteiger partial charge in [0.1, 0.15) is 0 Å². The van der Waals surface area contributed by atoms with Gasteiger partial charge >= 0.3 is 17.7 Å². The quantitative estimate of drug-likeness (QED) is 0.404. The first-order valence-electron chi connectivity index (χ1n) is 9.48. The van der Waals surface area contributed by atoms with Gasteiger partial charge in [-0.25, -0.2) is 4.79 Å². The molecule has 1 N–H and O–H groups in total. The summed E-state index contributed by atoms with van der Waals surface area (Å²) in [5.41, 5.74) is -0.990. The van der Waals surface area contributed by atoms with Crippen LogP contribution in [0.5, 0.6) is 0 Å². The number of hydrogen-bond donors (Lipinski definition) is 1. The lowest BCUT2D eigenvalue weighted by molar-refractivity contribution is -0.201. The Bertz CT molecular complexity index is 1090. The van der Waals surface area contributed by atoms with Crippen LogP contribution >= 0.6 is 11.8 Å². The fraction of sp³-hybridized carbons (Fsp3) is 0.556. The number of aromatic nitrogens is 4. The molecule has 0 atom stereocenters. The molecule has 0 amide bonds. The average Bonchev–Trinajstić information content (AvgIpc) is 3.07. The van der Waals surface area contributed by atoms with Crippen molar-refractivity contribution in [3.05, 3.63) is 10.4 Å². The third-order valence-electron chi connectivity index (χ3n) is 4.25. The zero-order valence-corrected chi connectivity index (χ0v) is 17.9. The van der Waals surface area contributed by atoms with E-state index in [1.54, 1.807) is 20.8 Å². The van der Waals surface area contributed by atoms with Crippen molar-refractivity contribution in [2.75, 3.05) is 31.1 Å². The molecular formula is C18H21F3N6O3S. The Hall–Kier alpha value is -2.72. The molecule has 0 aromatic carbocycles. The Labute approximate surface area is 179 Å². The van der Waals surface area contributed by atoms with E-state index in [1.165, 1.54) is 4.57 Å². The molecule has 0 spiro atoms. The highest BCUT2D eigenvalue weighted by Gasteiger charge is 2.43. The van der Waals surface area contributed by atoms with Gasteiger partial charge in [-0.3, -0.25) is 9.36 Å². The molecule has 1 fully saturated rings. The number of piperazine rings is 1. The summed E-state index contributed by atoms with van der Waals surface area (Å²) < 4.78 is 40.2. The maximum atomic E-state index is 13.2. The summed E-state index contributed by atoms with van der Waals surface area (Å²) in [6, 6.07) is 0. The van der Waals surface area contributed by atoms with Gasteiger partial charge in [-0.15, -0.1) is 10.7 Å². The first-order valence-corrected chi connectivity index (χ1v) is 10.4. The molecule has 2 aromatic rings. The summed E-state index contributed by atoms with van der Waals surface area (Å²) in [6.07, 6.45) is -5.27. The lowest BCUT2D eigenvalue weighted by Gasteiger charge is -2.28. The first kappa shape index (κ1) is 23.0. The zero-order valence-electron chi connectivity index (χ0n) is 17.1. The van der Waals surface area contributed by atoms with Crippen LogP contribution in [0, 0.1) is 11.8 Å². The maximum Gasteiger partial charge on any atom is 0.493 e. The number of anilines is 1. The van der Waals surface area contributed by atoms with Gasteiger partial charge in [0.05, 0.1) is 6.54 Å². The molecule has 31 heavy (non-hydrogen) atoms. The summed E-state index contributed by atoms with van der Waals surface area (Å²) in [6.45, 7) is 7.88. The van der Waals surface area contributed by atoms with E-state index in [0.29, 0.717) is 36.9 Å². The monoisotopic (exact) mass is 458 g/mol. The van der Waals surface area contributed by atoms with Gasteiger partial charge < -0.3 is 15.1 Å². The predicted octanol–water partition coefficient (Wildman–Crippen LogP) is 1.04. The lowest BCUT2D eigenvalue weighted by atomic mass is 10.4. The summed E-state index contributed by atoms with van der Waals surface area (Å²) in [7, 11) is 0. The number of hydrogen-bond acceptors (Lipinski definition) is 8. The SMILES string of the molecule is CC#CCn1c(N2CCNCC2)nc2nc(SC(C)C)n(OC(=O)C(F)(F)F)c(=O)c21. The zero-order chi connectivity index (χ0) is 22.8. The van der Waals surface area contributed by atoms with E-state index in [9.17, 15) is 22.8 Å². The second-order valence-electron chi connectivity index (χ2n) is 6.87. The number of carbonyl (C=O) groups is 1. The predicted molar refractivity (Wildman–Crippen MR) is 109 cm³/mol. The van der Waals surface area contributed by atoms with Crippen LogP contribution < -0.4 is 20.6 Å². The van der Waals surface area contributed by atoms with E-state index in [0.717, 1.165) is 11.8 Å². The van der Waals surface area contributed by atoms with Gasteiger partial charge in [0.2, 0.25) is 11.1 Å². The molecule has 0 unspecified atom stereocenters. The fourth-order valence-electron chi connectivity index (χ4n) is 2.95. The minimum absolute atomic E-state index is 0.0545. The summed E-state index contributed by atoms with van der Waals surface area (Å²) in [5.74, 6) is 3.49. The Balaban J connectivity index is 2.23. The van der Waals surface area contributed by atoms with Crippen LogP contribution in [0.2, 0.25) is 0 Å². The minimum atomic E-state index is -5.27. The Morgan fingerprint density at radius 2 is 1.97 bits per heavy atom. The van der Waals surface area contributed by atoms with Gasteiger partial charge in [-0.05, 0) is 6.92 Å². The van der Waals surface area contributed by atoms with Crippen molar-refractivity contribution in [1.82, 2.24) is 24.6 Å². The molecule has 1 saturated heterocycles. The van der Waals surface area contributed by atoms with Crippen LogP contribution in [0.15, 0.2) is 9.95 Å². The summed E-state index contributed by atoms with van der Waals surface area (Å²) in [4.78, 5) is 39.8. The third-order valence-corrected chi connectivity index (χ3v) is 5.19. The van der Waals surface area contributed by atoms with Crippen LogP contribution in [0.4, 0.5) is 19.1 Å². The highest BCUT2D eigenvalue weighted by Crippen LogP contribution is 2.25. The molecule has 0 aliphatic carbocycles. The van der Waals surface area contributed by atoms with Gasteiger partial charge in [0.25, 0.3) is 0 Å². The number of alkyl halides is 3. The standard InChI is InChI=1S/C18H21F3N6O3S/c1-4-5-8-26-12-13(23-16(26)25-9-6-22-7-10-25)24-17(31-11(2)3)27(14(12)28)30-15(29)18(19,20)21/h11,22H,6-10H2,1-3H3. The number of imidazole rings is 1. The smallest absolute Gasteiger partial charge is 0.340 e. The van der Waals surface area contributed by atoms with Crippen LogP contribution in [0.25, 0.3) is 11.2 Å². The van der Waals surface area contributed by atoms with Crippen LogP contribution in [0.1, 0.15) is 20.8 Å². The molecule has 0 radical (unpaired) electrons. The van der Waals surface area contributed by atoms with E-state index < -0.39 is 17.7 Å². The molecule has 1 aliphatic heterocycles. The second-order valence-corrected chi connectivity index (χ2v) is 8.41. The third kappa shape index (κ3) is 4.96. The van der Waals surface area contributed by atoms with Gasteiger partial charge in [-0.2, -0.15) is 23.1 Å². The molecule has 13 heteroatoms. The molecule has 3 heterocycles. The number of halogens is 3. The molecule has 0 saturated carbocycles. The van der Waals surface area contributed by atoms with Gasteiger partial charge in [0.15, 0.2) is 11.2 Å². The van der Waals surface area contributed by atoms with Crippen molar-refractivity contribution in [3.8, 4) is 11.8 Å². The van der Waals surface area contributed by atoms with Crippen LogP contribution in [-0.2, 0) is 11.3 Å². The van der Waals surface area contributed by atoms with E-state index in [-0.39, 0.29) is 28.1 Å². The van der Waals surface area contributed by atoms with Crippen molar-refractivity contribution in [3.63, 3.8) is 0 Å². The van der Waals surface area contributed by atoms with Crippen molar-refractivity contribution in [2.45, 2.75) is 43.9 Å². The highest BCUT2D eigenvalue weighted by molar-refractivity contribution is 7.99. The van der Waals surface area contributed by atoms with Crippen molar-refractivity contribution >= 4 is 34.8 Å². The van der Waals surface area contributed by atoms with E-state index >= 15 is 0 Å². The number of thioether (sulfide) groups is 1. The van der Waals surface area contributed by atoms with E-state index in [1.807, 2.05) is 4.90 Å². The average molecular weight is 458 g/mol. The van der Waals surface area contributed by atoms with E-state index in [2.05, 4.69) is 32.0 Å². The number of nitrogens with one attached hydrogen (secondary N) is 1. The number of nitrogens with zero attached hydrogens (tertiary/aromatic N) is 5. The fourth-order valence-corrected chi connectivity index (χ4v) is 3.73. The maximum absolute atomic E-state index is 13.2.